The number of benzene rings is 3. The fourth-order valence-electron chi connectivity index (χ4n) is 2.98. The van der Waals surface area contributed by atoms with Gasteiger partial charge in [0.2, 0.25) is 5.78 Å². The third-order valence-electron chi connectivity index (χ3n) is 4.09. The van der Waals surface area contributed by atoms with E-state index in [0.29, 0.717) is 16.3 Å². The van der Waals surface area contributed by atoms with Crippen LogP contribution in [-0.4, -0.2) is 10.8 Å². The van der Waals surface area contributed by atoms with Gasteiger partial charge in [0.25, 0.3) is 0 Å². The second kappa shape index (κ2) is 5.99. The van der Waals surface area contributed by atoms with Crippen LogP contribution in [0.4, 0.5) is 0 Å². The predicted molar refractivity (Wildman–Crippen MR) is 98.6 cm³/mol. The second-order valence-corrected chi connectivity index (χ2v) is 6.06. The van der Waals surface area contributed by atoms with Crippen molar-refractivity contribution < 1.29 is 4.79 Å². The van der Waals surface area contributed by atoms with E-state index in [2.05, 4.69) is 4.98 Å². The van der Waals surface area contributed by atoms with Crippen LogP contribution >= 0.6 is 11.6 Å². The van der Waals surface area contributed by atoms with E-state index in [1.54, 1.807) is 0 Å². The van der Waals surface area contributed by atoms with Crippen molar-refractivity contribution in [3.05, 3.63) is 95.1 Å². The lowest BCUT2D eigenvalue weighted by atomic mass is 9.98. The first-order valence-corrected chi connectivity index (χ1v) is 8.08. The number of ketones is 1. The van der Waals surface area contributed by atoms with Crippen molar-refractivity contribution in [2.75, 3.05) is 0 Å². The Hall–Kier alpha value is -2.84. The number of hydrogen-bond acceptors (Lipinski definition) is 1. The van der Waals surface area contributed by atoms with Crippen molar-refractivity contribution in [1.82, 2.24) is 4.98 Å². The molecule has 1 N–H and O–H groups in total. The molecule has 0 saturated heterocycles. The number of carbonyl (C=O) groups is 1. The average molecular weight is 332 g/mol. The molecule has 0 bridgehead atoms. The molecule has 116 valence electrons. The van der Waals surface area contributed by atoms with Crippen molar-refractivity contribution in [1.29, 1.82) is 0 Å². The molecule has 24 heavy (non-hydrogen) atoms. The van der Waals surface area contributed by atoms with Gasteiger partial charge >= 0.3 is 0 Å². The minimum atomic E-state index is -0.0261. The molecule has 0 aliphatic rings. The molecule has 4 rings (SSSR count). The quantitative estimate of drug-likeness (QED) is 0.478. The number of fused-ring (bicyclic) bond motifs is 1. The lowest BCUT2D eigenvalue weighted by Crippen LogP contribution is -2.03. The van der Waals surface area contributed by atoms with E-state index >= 15 is 0 Å². The minimum Gasteiger partial charge on any atom is -0.351 e. The highest BCUT2D eigenvalue weighted by Gasteiger charge is 2.20. The van der Waals surface area contributed by atoms with Gasteiger partial charge in [-0.15, -0.1) is 0 Å². The van der Waals surface area contributed by atoms with Crippen molar-refractivity contribution in [2.24, 2.45) is 0 Å². The van der Waals surface area contributed by atoms with Gasteiger partial charge < -0.3 is 4.98 Å². The molecule has 3 heteroatoms. The molecule has 0 spiro atoms. The summed E-state index contributed by atoms with van der Waals surface area (Å²) in [7, 11) is 0. The summed E-state index contributed by atoms with van der Waals surface area (Å²) in [5.41, 5.74) is 4.03. The van der Waals surface area contributed by atoms with Gasteiger partial charge in [0.15, 0.2) is 0 Å². The van der Waals surface area contributed by atoms with Crippen molar-refractivity contribution in [2.45, 2.75) is 0 Å². The summed E-state index contributed by atoms with van der Waals surface area (Å²) in [5, 5.41) is 1.63. The van der Waals surface area contributed by atoms with Crippen LogP contribution in [0.5, 0.6) is 0 Å². The second-order valence-electron chi connectivity index (χ2n) is 5.63. The monoisotopic (exact) mass is 331 g/mol. The highest BCUT2D eigenvalue weighted by atomic mass is 35.5. The van der Waals surface area contributed by atoms with Crippen LogP contribution in [0.25, 0.3) is 22.0 Å². The van der Waals surface area contributed by atoms with E-state index in [9.17, 15) is 4.79 Å². The van der Waals surface area contributed by atoms with Gasteiger partial charge in [0.05, 0.1) is 5.69 Å². The zero-order valence-electron chi connectivity index (χ0n) is 12.8. The number of carbonyl (C=O) groups excluding carboxylic acids is 1. The number of aromatic nitrogens is 1. The van der Waals surface area contributed by atoms with E-state index in [-0.39, 0.29) is 5.78 Å². The van der Waals surface area contributed by atoms with Crippen LogP contribution in [-0.2, 0) is 0 Å². The average Bonchev–Trinajstić information content (AvgIpc) is 3.01. The highest BCUT2D eigenvalue weighted by Crippen LogP contribution is 2.34. The Morgan fingerprint density at radius 3 is 2.21 bits per heavy atom. The molecular formula is C21H14ClNO. The van der Waals surface area contributed by atoms with Crippen molar-refractivity contribution >= 4 is 28.3 Å². The summed E-state index contributed by atoms with van der Waals surface area (Å²) in [6.07, 6.45) is 0. The molecule has 0 aliphatic heterocycles. The summed E-state index contributed by atoms with van der Waals surface area (Å²) >= 11 is 6.12. The molecular weight excluding hydrogens is 318 g/mol. The number of aromatic amines is 1. The van der Waals surface area contributed by atoms with E-state index in [1.807, 2.05) is 78.9 Å². The predicted octanol–water partition coefficient (Wildman–Crippen LogP) is 5.72. The third-order valence-corrected chi connectivity index (χ3v) is 4.32. The maximum Gasteiger partial charge on any atom is 0.209 e. The Morgan fingerprint density at radius 2 is 1.50 bits per heavy atom. The molecule has 1 heterocycles. The number of halogens is 1. The first kappa shape index (κ1) is 14.7. The number of H-pyrrole nitrogens is 1. The Kier molecular flexibility index (Phi) is 3.68. The third kappa shape index (κ3) is 2.51. The van der Waals surface area contributed by atoms with E-state index in [0.717, 1.165) is 22.0 Å². The minimum absolute atomic E-state index is 0.0261. The molecule has 0 aliphatic carbocycles. The van der Waals surface area contributed by atoms with Gasteiger partial charge in [-0.2, -0.15) is 0 Å². The fraction of sp³-hybridized carbons (Fsp3) is 0. The van der Waals surface area contributed by atoms with Crippen LogP contribution in [0.3, 0.4) is 0 Å². The molecule has 2 nitrogen and oxygen atoms in total. The van der Waals surface area contributed by atoms with Crippen LogP contribution in [0.2, 0.25) is 5.02 Å². The SMILES string of the molecule is O=C(c1ccccc1)c1[nH]c2cc(Cl)ccc2c1-c1ccccc1. The van der Waals surface area contributed by atoms with Gasteiger partial charge in [-0.1, -0.05) is 78.3 Å². The zero-order chi connectivity index (χ0) is 16.5. The summed E-state index contributed by atoms with van der Waals surface area (Å²) in [4.78, 5) is 16.3. The molecule has 0 radical (unpaired) electrons. The van der Waals surface area contributed by atoms with Gasteiger partial charge in [0.1, 0.15) is 0 Å². The number of nitrogens with one attached hydrogen (secondary N) is 1. The normalized spacial score (nSPS) is 10.9. The molecule has 0 atom stereocenters. The smallest absolute Gasteiger partial charge is 0.209 e. The molecule has 3 aromatic carbocycles. The zero-order valence-corrected chi connectivity index (χ0v) is 13.5. The molecule has 0 unspecified atom stereocenters. The Balaban J connectivity index is 1.99. The van der Waals surface area contributed by atoms with Gasteiger partial charge in [0, 0.05) is 27.1 Å². The Labute approximate surface area is 144 Å². The maximum absolute atomic E-state index is 13.0. The Bertz CT molecular complexity index is 1020. The molecule has 4 aromatic rings. The fourth-order valence-corrected chi connectivity index (χ4v) is 3.15. The lowest BCUT2D eigenvalue weighted by Gasteiger charge is -2.05. The lowest BCUT2D eigenvalue weighted by molar-refractivity contribution is 0.103. The molecule has 0 fully saturated rings. The topological polar surface area (TPSA) is 32.9 Å². The van der Waals surface area contributed by atoms with Gasteiger partial charge in [-0.05, 0) is 17.7 Å². The van der Waals surface area contributed by atoms with E-state index in [1.165, 1.54) is 0 Å². The van der Waals surface area contributed by atoms with Crippen LogP contribution in [0, 0.1) is 0 Å². The van der Waals surface area contributed by atoms with E-state index < -0.39 is 0 Å². The number of rotatable bonds is 3. The largest absolute Gasteiger partial charge is 0.351 e. The summed E-state index contributed by atoms with van der Waals surface area (Å²) < 4.78 is 0. The van der Waals surface area contributed by atoms with Crippen molar-refractivity contribution in [3.8, 4) is 11.1 Å². The summed E-state index contributed by atoms with van der Waals surface area (Å²) in [6.45, 7) is 0. The van der Waals surface area contributed by atoms with Crippen molar-refractivity contribution in [3.63, 3.8) is 0 Å². The summed E-state index contributed by atoms with van der Waals surface area (Å²) in [5.74, 6) is -0.0261. The first-order chi connectivity index (χ1) is 11.7. The van der Waals surface area contributed by atoms with Crippen LogP contribution in [0.1, 0.15) is 16.1 Å². The first-order valence-electron chi connectivity index (χ1n) is 7.70. The van der Waals surface area contributed by atoms with Gasteiger partial charge in [-0.25, -0.2) is 0 Å². The van der Waals surface area contributed by atoms with Crippen LogP contribution < -0.4 is 0 Å². The molecule has 1 aromatic heterocycles. The summed E-state index contributed by atoms with van der Waals surface area (Å²) in [6, 6.07) is 24.9. The van der Waals surface area contributed by atoms with Crippen LogP contribution in [0.15, 0.2) is 78.9 Å². The highest BCUT2D eigenvalue weighted by molar-refractivity contribution is 6.31. The van der Waals surface area contributed by atoms with Gasteiger partial charge in [-0.3, -0.25) is 4.79 Å². The number of hydrogen-bond donors (Lipinski definition) is 1. The molecule has 0 saturated carbocycles. The standard InChI is InChI=1S/C21H14ClNO/c22-16-11-12-17-18(13-16)23-20(19(17)14-7-3-1-4-8-14)21(24)15-9-5-2-6-10-15/h1-13,23H. The molecule has 0 amide bonds. The van der Waals surface area contributed by atoms with E-state index in [4.69, 9.17) is 11.6 Å². The maximum atomic E-state index is 13.0. The Morgan fingerprint density at radius 1 is 0.833 bits per heavy atom.